The molecule has 2 rings (SSSR count). The summed E-state index contributed by atoms with van der Waals surface area (Å²) in [5.41, 5.74) is 3.08. The van der Waals surface area contributed by atoms with Gasteiger partial charge in [-0.25, -0.2) is 4.98 Å². The molecular weight excluding hydrogens is 238 g/mol. The monoisotopic (exact) mass is 261 g/mol. The van der Waals surface area contributed by atoms with Gasteiger partial charge < -0.3 is 14.8 Å². The van der Waals surface area contributed by atoms with Crippen molar-refractivity contribution in [2.45, 2.75) is 45.7 Å². The Morgan fingerprint density at radius 1 is 1.42 bits per heavy atom. The Morgan fingerprint density at radius 3 is 2.89 bits per heavy atom. The molecular formula is C15H23N3O. The first-order valence-corrected chi connectivity index (χ1v) is 6.86. The van der Waals surface area contributed by atoms with Crippen molar-refractivity contribution < 1.29 is 5.11 Å². The molecule has 0 aliphatic carbocycles. The van der Waals surface area contributed by atoms with Crippen LogP contribution in [0.15, 0.2) is 24.5 Å². The third-order valence-electron chi connectivity index (χ3n) is 3.58. The minimum Gasteiger partial charge on any atom is -0.394 e. The first-order chi connectivity index (χ1) is 9.08. The van der Waals surface area contributed by atoms with Gasteiger partial charge in [0.25, 0.3) is 0 Å². The van der Waals surface area contributed by atoms with E-state index in [0.29, 0.717) is 6.54 Å². The molecule has 0 saturated heterocycles. The molecule has 1 atom stereocenters. The molecule has 0 aliphatic rings. The number of hydrogen-bond acceptors (Lipinski definition) is 3. The highest BCUT2D eigenvalue weighted by Crippen LogP contribution is 2.14. The molecule has 0 saturated carbocycles. The minimum atomic E-state index is -0.220. The Balaban J connectivity index is 2.15. The van der Waals surface area contributed by atoms with E-state index in [-0.39, 0.29) is 12.1 Å². The van der Waals surface area contributed by atoms with E-state index in [1.807, 2.05) is 12.3 Å². The molecule has 2 aromatic rings. The van der Waals surface area contributed by atoms with Gasteiger partial charge in [0, 0.05) is 18.3 Å². The molecule has 0 aliphatic heterocycles. The van der Waals surface area contributed by atoms with Crippen LogP contribution in [-0.4, -0.2) is 26.6 Å². The maximum atomic E-state index is 9.52. The van der Waals surface area contributed by atoms with Crippen molar-refractivity contribution >= 4 is 5.65 Å². The van der Waals surface area contributed by atoms with Crippen molar-refractivity contribution in [1.82, 2.24) is 14.7 Å². The van der Waals surface area contributed by atoms with Crippen molar-refractivity contribution in [2.75, 3.05) is 6.61 Å². The Hall–Kier alpha value is -1.39. The van der Waals surface area contributed by atoms with Gasteiger partial charge in [-0.15, -0.1) is 0 Å². The fourth-order valence-corrected chi connectivity index (χ4v) is 2.35. The van der Waals surface area contributed by atoms with E-state index in [1.165, 1.54) is 5.56 Å². The highest BCUT2D eigenvalue weighted by Gasteiger charge is 2.21. The van der Waals surface area contributed by atoms with Gasteiger partial charge in [0.05, 0.1) is 18.5 Å². The number of aromatic nitrogens is 2. The van der Waals surface area contributed by atoms with E-state index >= 15 is 0 Å². The predicted molar refractivity (Wildman–Crippen MR) is 77.2 cm³/mol. The molecule has 1 unspecified atom stereocenters. The van der Waals surface area contributed by atoms with Crippen molar-refractivity contribution in [3.63, 3.8) is 0 Å². The predicted octanol–water partition coefficient (Wildman–Crippen LogP) is 2.28. The molecule has 104 valence electrons. The van der Waals surface area contributed by atoms with Gasteiger partial charge in [0.2, 0.25) is 0 Å². The lowest BCUT2D eigenvalue weighted by Gasteiger charge is -2.28. The van der Waals surface area contributed by atoms with E-state index in [0.717, 1.165) is 24.2 Å². The van der Waals surface area contributed by atoms with Crippen LogP contribution in [0, 0.1) is 6.92 Å². The van der Waals surface area contributed by atoms with Crippen LogP contribution in [-0.2, 0) is 6.54 Å². The third-order valence-corrected chi connectivity index (χ3v) is 3.58. The van der Waals surface area contributed by atoms with Gasteiger partial charge in [0.15, 0.2) is 0 Å². The number of aliphatic hydroxyl groups excluding tert-OH is 1. The number of aryl methyl sites for hydroxylation is 1. The zero-order chi connectivity index (χ0) is 13.9. The Labute approximate surface area is 114 Å². The van der Waals surface area contributed by atoms with Crippen LogP contribution in [0.2, 0.25) is 0 Å². The fourth-order valence-electron chi connectivity index (χ4n) is 2.35. The number of hydrogen-bond donors (Lipinski definition) is 2. The van der Waals surface area contributed by atoms with E-state index in [9.17, 15) is 5.11 Å². The number of fused-ring (bicyclic) bond motifs is 1. The smallest absolute Gasteiger partial charge is 0.136 e. The largest absolute Gasteiger partial charge is 0.394 e. The molecule has 2 heterocycles. The Kier molecular flexibility index (Phi) is 4.22. The van der Waals surface area contributed by atoms with Gasteiger partial charge in [-0.3, -0.25) is 0 Å². The number of nitrogens with zero attached hydrogens (tertiary/aromatic N) is 2. The summed E-state index contributed by atoms with van der Waals surface area (Å²) in [5.74, 6) is 0. The average molecular weight is 261 g/mol. The highest BCUT2D eigenvalue weighted by molar-refractivity contribution is 5.41. The zero-order valence-electron chi connectivity index (χ0n) is 12.0. The lowest BCUT2D eigenvalue weighted by atomic mass is 9.97. The fraction of sp³-hybridized carbons (Fsp3) is 0.533. The molecule has 2 N–H and O–H groups in total. The van der Waals surface area contributed by atoms with Gasteiger partial charge in [0.1, 0.15) is 5.65 Å². The summed E-state index contributed by atoms with van der Waals surface area (Å²) < 4.78 is 2.10. The molecule has 4 nitrogen and oxygen atoms in total. The van der Waals surface area contributed by atoms with Crippen LogP contribution in [0.4, 0.5) is 0 Å². The number of pyridine rings is 1. The highest BCUT2D eigenvalue weighted by atomic mass is 16.3. The molecule has 4 heteroatoms. The summed E-state index contributed by atoms with van der Waals surface area (Å²) in [4.78, 5) is 4.39. The van der Waals surface area contributed by atoms with Crippen LogP contribution in [0.3, 0.4) is 0 Å². The van der Waals surface area contributed by atoms with Gasteiger partial charge in [-0.2, -0.15) is 0 Å². The van der Waals surface area contributed by atoms with Crippen molar-refractivity contribution in [3.05, 3.63) is 35.8 Å². The Morgan fingerprint density at radius 2 is 2.21 bits per heavy atom. The summed E-state index contributed by atoms with van der Waals surface area (Å²) in [6, 6.07) is 4.09. The first-order valence-electron chi connectivity index (χ1n) is 6.86. The Bertz CT molecular complexity index is 549. The van der Waals surface area contributed by atoms with Crippen LogP contribution < -0.4 is 5.32 Å². The standard InChI is InChI=1S/C15H23N3O/c1-4-7-15(3,11-19)17-9-13-8-16-14-6-5-12(2)10-18(13)14/h5-6,8,10,17,19H,4,7,9,11H2,1-3H3. The molecule has 0 fully saturated rings. The van der Waals surface area contributed by atoms with Gasteiger partial charge in [-0.05, 0) is 31.9 Å². The summed E-state index contributed by atoms with van der Waals surface area (Å²) in [6.07, 6.45) is 6.00. The molecule has 2 aromatic heterocycles. The second-order valence-corrected chi connectivity index (χ2v) is 5.51. The van der Waals surface area contributed by atoms with Crippen LogP contribution in [0.25, 0.3) is 5.65 Å². The SMILES string of the molecule is CCCC(C)(CO)NCc1cnc2ccc(C)cn12. The van der Waals surface area contributed by atoms with E-state index in [1.54, 1.807) is 0 Å². The topological polar surface area (TPSA) is 49.6 Å². The normalized spacial score (nSPS) is 14.7. The quantitative estimate of drug-likeness (QED) is 0.838. The molecule has 0 radical (unpaired) electrons. The van der Waals surface area contributed by atoms with Crippen molar-refractivity contribution in [2.24, 2.45) is 0 Å². The van der Waals surface area contributed by atoms with Crippen LogP contribution in [0.1, 0.15) is 37.9 Å². The van der Waals surface area contributed by atoms with Crippen LogP contribution >= 0.6 is 0 Å². The molecule has 0 bridgehead atoms. The van der Waals surface area contributed by atoms with Gasteiger partial charge >= 0.3 is 0 Å². The lowest BCUT2D eigenvalue weighted by molar-refractivity contribution is 0.163. The summed E-state index contributed by atoms with van der Waals surface area (Å²) in [6.45, 7) is 7.13. The van der Waals surface area contributed by atoms with Crippen LogP contribution in [0.5, 0.6) is 0 Å². The molecule has 0 spiro atoms. The number of aliphatic hydroxyl groups is 1. The molecule has 19 heavy (non-hydrogen) atoms. The average Bonchev–Trinajstić information content (AvgIpc) is 2.79. The number of rotatable bonds is 6. The summed E-state index contributed by atoms with van der Waals surface area (Å²) >= 11 is 0. The summed E-state index contributed by atoms with van der Waals surface area (Å²) in [5, 5.41) is 13.0. The number of nitrogens with one attached hydrogen (secondary N) is 1. The second-order valence-electron chi connectivity index (χ2n) is 5.51. The van der Waals surface area contributed by atoms with E-state index in [2.05, 4.69) is 47.7 Å². The van der Waals surface area contributed by atoms with E-state index < -0.39 is 0 Å². The maximum absolute atomic E-state index is 9.52. The van der Waals surface area contributed by atoms with Crippen molar-refractivity contribution in [1.29, 1.82) is 0 Å². The third kappa shape index (κ3) is 3.14. The van der Waals surface area contributed by atoms with Crippen molar-refractivity contribution in [3.8, 4) is 0 Å². The van der Waals surface area contributed by atoms with E-state index in [4.69, 9.17) is 0 Å². The molecule has 0 amide bonds. The zero-order valence-corrected chi connectivity index (χ0v) is 12.0. The van der Waals surface area contributed by atoms with Gasteiger partial charge in [-0.1, -0.05) is 19.4 Å². The second kappa shape index (κ2) is 5.72. The first kappa shape index (κ1) is 14.0. The summed E-state index contributed by atoms with van der Waals surface area (Å²) in [7, 11) is 0. The minimum absolute atomic E-state index is 0.149. The molecule has 0 aromatic carbocycles. The maximum Gasteiger partial charge on any atom is 0.136 e. The number of imidazole rings is 1. The lowest BCUT2D eigenvalue weighted by Crippen LogP contribution is -2.45.